The molecule has 0 fully saturated rings. The van der Waals surface area contributed by atoms with Gasteiger partial charge >= 0.3 is 5.97 Å². The molecule has 0 bridgehead atoms. The summed E-state index contributed by atoms with van der Waals surface area (Å²) in [6.07, 6.45) is 9.38. The predicted octanol–water partition coefficient (Wildman–Crippen LogP) is 5.28. The number of hydrogen-bond donors (Lipinski definition) is 0. The van der Waals surface area contributed by atoms with Crippen molar-refractivity contribution >= 4 is 19.2 Å². The fourth-order valence-electron chi connectivity index (χ4n) is 2.47. The molecule has 1 radical (unpaired) electrons. The van der Waals surface area contributed by atoms with Gasteiger partial charge in [0.2, 0.25) is 0 Å². The van der Waals surface area contributed by atoms with Crippen molar-refractivity contribution in [2.45, 2.75) is 71.0 Å². The number of unbranched alkanes of at least 4 members (excludes halogenated alkanes) is 7. The topological polar surface area (TPSA) is 35.5 Å². The van der Waals surface area contributed by atoms with E-state index in [0.29, 0.717) is 12.2 Å². The molecule has 4 heteroatoms. The summed E-state index contributed by atoms with van der Waals surface area (Å²) in [5.74, 6) is -0.412. The van der Waals surface area contributed by atoms with E-state index >= 15 is 0 Å². The summed E-state index contributed by atoms with van der Waals surface area (Å²) < 4.78 is 0. The van der Waals surface area contributed by atoms with Gasteiger partial charge in [0.1, 0.15) is 0 Å². The van der Waals surface area contributed by atoms with Crippen LogP contribution in [0.3, 0.4) is 0 Å². The molecule has 0 aliphatic carbocycles. The third kappa shape index (κ3) is 8.64. The fourth-order valence-corrected chi connectivity index (χ4v) is 3.64. The lowest BCUT2D eigenvalue weighted by molar-refractivity contribution is -0.241. The van der Waals surface area contributed by atoms with Gasteiger partial charge in [-0.25, -0.2) is 4.79 Å². The molecule has 0 saturated heterocycles. The molecule has 0 atom stereocenters. The molecule has 0 unspecified atom stereocenters. The van der Waals surface area contributed by atoms with Gasteiger partial charge in [-0.2, -0.15) is 4.89 Å². The Morgan fingerprint density at radius 3 is 2.00 bits per heavy atom. The van der Waals surface area contributed by atoms with Gasteiger partial charge in [-0.05, 0) is 18.6 Å². The zero-order chi connectivity index (χ0) is 17.8. The first-order chi connectivity index (χ1) is 11.4. The number of benzene rings is 1. The van der Waals surface area contributed by atoms with Gasteiger partial charge in [-0.1, -0.05) is 88.8 Å². The summed E-state index contributed by atoms with van der Waals surface area (Å²) in [7, 11) is -1.33. The molecule has 0 heterocycles. The quantitative estimate of drug-likeness (QED) is 0.223. The van der Waals surface area contributed by atoms with E-state index in [1.165, 1.54) is 37.3 Å². The Labute approximate surface area is 148 Å². The van der Waals surface area contributed by atoms with Gasteiger partial charge in [0, 0.05) is 0 Å². The van der Waals surface area contributed by atoms with E-state index in [-0.39, 0.29) is 0 Å². The van der Waals surface area contributed by atoms with Crippen molar-refractivity contribution in [1.29, 1.82) is 0 Å². The van der Waals surface area contributed by atoms with Gasteiger partial charge in [-0.3, -0.25) is 4.89 Å². The fraction of sp³-hybridized carbons (Fsp3) is 0.600. The first-order valence-corrected chi connectivity index (χ1v) is 12.7. The van der Waals surface area contributed by atoms with Crippen molar-refractivity contribution in [2.75, 3.05) is 6.61 Å². The van der Waals surface area contributed by atoms with Crippen LogP contribution in [0, 0.1) is 6.92 Å². The van der Waals surface area contributed by atoms with Crippen LogP contribution >= 0.6 is 0 Å². The number of carbonyl (C=O) groups excluding carboxylic acids is 1. The lowest BCUT2D eigenvalue weighted by Crippen LogP contribution is -2.37. The standard InChI is InChI=1S/C20H33O3Si/c1-5-6-7-8-9-10-11-12-17-22-23-20(21)18-13-15-19(16-14-18)24(2,3)4/h13-16H,1,5-12,17H2,2-4H3. The maximum absolute atomic E-state index is 11.9. The van der Waals surface area contributed by atoms with Crippen LogP contribution in [-0.4, -0.2) is 20.7 Å². The van der Waals surface area contributed by atoms with Crippen LogP contribution in [0.2, 0.25) is 19.6 Å². The van der Waals surface area contributed by atoms with Gasteiger partial charge in [0.25, 0.3) is 0 Å². The molecule has 0 aliphatic heterocycles. The third-order valence-electron chi connectivity index (χ3n) is 4.10. The van der Waals surface area contributed by atoms with Gasteiger partial charge in [-0.15, -0.1) is 0 Å². The first kappa shape index (κ1) is 20.9. The summed E-state index contributed by atoms with van der Waals surface area (Å²) in [4.78, 5) is 21.8. The molecule has 1 rings (SSSR count). The van der Waals surface area contributed by atoms with Gasteiger partial charge < -0.3 is 0 Å². The highest BCUT2D eigenvalue weighted by Gasteiger charge is 2.17. The molecule has 3 nitrogen and oxygen atoms in total. The molecular formula is C20H33O3Si. The van der Waals surface area contributed by atoms with Crippen molar-refractivity contribution in [2.24, 2.45) is 0 Å². The minimum Gasteiger partial charge on any atom is -0.293 e. The van der Waals surface area contributed by atoms with E-state index in [0.717, 1.165) is 19.3 Å². The SMILES string of the molecule is [CH2]CCCCCCCCCOOC(=O)c1ccc([Si](C)(C)C)cc1. The number of carbonyl (C=O) groups is 1. The number of hydrogen-bond acceptors (Lipinski definition) is 3. The Balaban J connectivity index is 2.12. The van der Waals surface area contributed by atoms with Crippen LogP contribution in [0.5, 0.6) is 0 Å². The molecule has 0 saturated carbocycles. The van der Waals surface area contributed by atoms with Crippen LogP contribution in [0.1, 0.15) is 61.7 Å². The molecule has 0 spiro atoms. The van der Waals surface area contributed by atoms with Crippen LogP contribution in [-0.2, 0) is 9.78 Å². The summed E-state index contributed by atoms with van der Waals surface area (Å²) in [6, 6.07) is 7.70. The maximum atomic E-state index is 11.9. The van der Waals surface area contributed by atoms with Crippen LogP contribution < -0.4 is 5.19 Å². The summed E-state index contributed by atoms with van der Waals surface area (Å²) >= 11 is 0. The zero-order valence-corrected chi connectivity index (χ0v) is 16.6. The average Bonchev–Trinajstić information content (AvgIpc) is 2.55. The van der Waals surface area contributed by atoms with Crippen molar-refractivity contribution < 1.29 is 14.6 Å². The molecule has 1 aromatic rings. The number of rotatable bonds is 12. The second-order valence-electron chi connectivity index (χ2n) is 7.35. The Morgan fingerprint density at radius 2 is 1.46 bits per heavy atom. The molecule has 1 aromatic carbocycles. The smallest absolute Gasteiger partial charge is 0.293 e. The molecular weight excluding hydrogens is 316 g/mol. The van der Waals surface area contributed by atoms with Crippen molar-refractivity contribution in [3.63, 3.8) is 0 Å². The first-order valence-electron chi connectivity index (χ1n) is 9.18. The van der Waals surface area contributed by atoms with E-state index in [2.05, 4.69) is 26.6 Å². The molecule has 0 amide bonds. The predicted molar refractivity (Wildman–Crippen MR) is 103 cm³/mol. The monoisotopic (exact) mass is 349 g/mol. The molecule has 135 valence electrons. The summed E-state index contributed by atoms with van der Waals surface area (Å²) in [6.45, 7) is 11.2. The molecule has 0 aliphatic rings. The largest absolute Gasteiger partial charge is 0.373 e. The van der Waals surface area contributed by atoms with E-state index in [1.807, 2.05) is 24.3 Å². The minimum absolute atomic E-state index is 0.412. The third-order valence-corrected chi connectivity index (χ3v) is 6.16. The highest BCUT2D eigenvalue weighted by molar-refractivity contribution is 6.88. The van der Waals surface area contributed by atoms with Crippen LogP contribution in [0.25, 0.3) is 0 Å². The Morgan fingerprint density at radius 1 is 0.917 bits per heavy atom. The van der Waals surface area contributed by atoms with Gasteiger partial charge in [0.15, 0.2) is 0 Å². The van der Waals surface area contributed by atoms with Crippen LogP contribution in [0.15, 0.2) is 24.3 Å². The Kier molecular flexibility index (Phi) is 9.96. The average molecular weight is 350 g/mol. The Hall–Kier alpha value is -1.13. The highest BCUT2D eigenvalue weighted by atomic mass is 28.3. The van der Waals surface area contributed by atoms with E-state index in [9.17, 15) is 4.79 Å². The minimum atomic E-state index is -1.33. The zero-order valence-electron chi connectivity index (χ0n) is 15.6. The van der Waals surface area contributed by atoms with E-state index in [4.69, 9.17) is 9.78 Å². The van der Waals surface area contributed by atoms with Crippen LogP contribution in [0.4, 0.5) is 0 Å². The summed E-state index contributed by atoms with van der Waals surface area (Å²) in [5.41, 5.74) is 0.544. The molecule has 0 aromatic heterocycles. The van der Waals surface area contributed by atoms with Crippen molar-refractivity contribution in [1.82, 2.24) is 0 Å². The summed E-state index contributed by atoms with van der Waals surface area (Å²) in [5, 5.41) is 1.33. The maximum Gasteiger partial charge on any atom is 0.373 e. The normalized spacial score (nSPS) is 11.5. The molecule has 0 N–H and O–H groups in total. The Bertz CT molecular complexity index is 463. The molecule has 24 heavy (non-hydrogen) atoms. The lowest BCUT2D eigenvalue weighted by atomic mass is 10.1. The van der Waals surface area contributed by atoms with Gasteiger partial charge in [0.05, 0.1) is 20.2 Å². The lowest BCUT2D eigenvalue weighted by Gasteiger charge is -2.16. The highest BCUT2D eigenvalue weighted by Crippen LogP contribution is 2.09. The van der Waals surface area contributed by atoms with Crippen molar-refractivity contribution in [3.05, 3.63) is 36.8 Å². The second kappa shape index (κ2) is 11.4. The van der Waals surface area contributed by atoms with E-state index in [1.54, 1.807) is 0 Å². The van der Waals surface area contributed by atoms with E-state index < -0.39 is 14.0 Å². The second-order valence-corrected chi connectivity index (χ2v) is 12.4. The van der Waals surface area contributed by atoms with Crippen molar-refractivity contribution in [3.8, 4) is 0 Å².